The van der Waals surface area contributed by atoms with Crippen molar-refractivity contribution in [1.82, 2.24) is 0 Å². The molecular weight excluding hydrogens is 236 g/mol. The number of aliphatic hydroxyl groups excluding tert-OH is 1. The summed E-state index contributed by atoms with van der Waals surface area (Å²) >= 11 is 0. The number of carbonyl (C=O) groups is 2. The number of carbonyl (C=O) groups excluding carboxylic acids is 2. The maximum atomic E-state index is 11.8. The SMILES string of the molecule is CC(C)C1C(=O)OC(=O)C1(O)C1CCC(O)CC1. The summed E-state index contributed by atoms with van der Waals surface area (Å²) in [5.41, 5.74) is -1.70. The number of ether oxygens (including phenoxy) is 1. The van der Waals surface area contributed by atoms with Crippen molar-refractivity contribution in [2.45, 2.75) is 51.2 Å². The first-order valence-corrected chi connectivity index (χ1v) is 6.54. The van der Waals surface area contributed by atoms with Crippen LogP contribution in [0.5, 0.6) is 0 Å². The van der Waals surface area contributed by atoms with Gasteiger partial charge in [-0.1, -0.05) is 13.8 Å². The summed E-state index contributed by atoms with van der Waals surface area (Å²) in [7, 11) is 0. The van der Waals surface area contributed by atoms with Crippen LogP contribution in [0.25, 0.3) is 0 Å². The van der Waals surface area contributed by atoms with E-state index in [-0.39, 0.29) is 17.9 Å². The molecule has 1 heterocycles. The van der Waals surface area contributed by atoms with Crippen molar-refractivity contribution in [3.8, 4) is 0 Å². The van der Waals surface area contributed by atoms with Crippen molar-refractivity contribution in [3.05, 3.63) is 0 Å². The Balaban J connectivity index is 2.26. The second-order valence-electron chi connectivity index (χ2n) is 5.76. The first-order chi connectivity index (χ1) is 8.37. The highest BCUT2D eigenvalue weighted by Gasteiger charge is 2.61. The molecule has 5 heteroatoms. The maximum absolute atomic E-state index is 11.8. The van der Waals surface area contributed by atoms with E-state index in [1.165, 1.54) is 0 Å². The number of hydrogen-bond donors (Lipinski definition) is 2. The first-order valence-electron chi connectivity index (χ1n) is 6.54. The predicted octanol–water partition coefficient (Wildman–Crippen LogP) is 0.624. The van der Waals surface area contributed by atoms with Crippen LogP contribution in [-0.2, 0) is 14.3 Å². The molecule has 0 amide bonds. The van der Waals surface area contributed by atoms with Gasteiger partial charge in [0.25, 0.3) is 0 Å². The molecule has 5 nitrogen and oxygen atoms in total. The lowest BCUT2D eigenvalue weighted by Crippen LogP contribution is -2.51. The lowest BCUT2D eigenvalue weighted by atomic mass is 9.68. The molecule has 2 atom stereocenters. The van der Waals surface area contributed by atoms with Crippen LogP contribution in [0.3, 0.4) is 0 Å². The van der Waals surface area contributed by atoms with Gasteiger partial charge < -0.3 is 14.9 Å². The lowest BCUT2D eigenvalue weighted by Gasteiger charge is -2.37. The van der Waals surface area contributed by atoms with E-state index < -0.39 is 23.5 Å². The van der Waals surface area contributed by atoms with Crippen molar-refractivity contribution in [1.29, 1.82) is 0 Å². The molecule has 2 rings (SSSR count). The molecule has 0 aromatic heterocycles. The van der Waals surface area contributed by atoms with Crippen molar-refractivity contribution in [2.24, 2.45) is 17.8 Å². The normalized spacial score (nSPS) is 41.3. The summed E-state index contributed by atoms with van der Waals surface area (Å²) in [6, 6.07) is 0. The molecule has 2 aliphatic rings. The quantitative estimate of drug-likeness (QED) is 0.559. The van der Waals surface area contributed by atoms with Gasteiger partial charge in [-0.2, -0.15) is 0 Å². The molecule has 1 saturated carbocycles. The molecule has 1 saturated heterocycles. The van der Waals surface area contributed by atoms with E-state index in [0.29, 0.717) is 25.7 Å². The summed E-state index contributed by atoms with van der Waals surface area (Å²) in [5.74, 6) is -2.67. The van der Waals surface area contributed by atoms with E-state index in [2.05, 4.69) is 4.74 Å². The Kier molecular flexibility index (Phi) is 3.47. The zero-order chi connectivity index (χ0) is 13.5. The second-order valence-corrected chi connectivity index (χ2v) is 5.76. The Hall–Kier alpha value is -0.940. The third-order valence-corrected chi connectivity index (χ3v) is 4.23. The Morgan fingerprint density at radius 3 is 2.28 bits per heavy atom. The number of aliphatic hydroxyl groups is 2. The smallest absolute Gasteiger partial charge is 0.346 e. The van der Waals surface area contributed by atoms with E-state index in [1.54, 1.807) is 13.8 Å². The highest BCUT2D eigenvalue weighted by Crippen LogP contribution is 2.44. The molecule has 2 unspecified atom stereocenters. The number of rotatable bonds is 2. The molecule has 1 aliphatic carbocycles. The Morgan fingerprint density at radius 2 is 1.78 bits per heavy atom. The molecule has 1 aliphatic heterocycles. The van der Waals surface area contributed by atoms with Gasteiger partial charge in [0.1, 0.15) is 0 Å². The summed E-state index contributed by atoms with van der Waals surface area (Å²) in [4.78, 5) is 23.5. The summed E-state index contributed by atoms with van der Waals surface area (Å²) in [5, 5.41) is 20.2. The van der Waals surface area contributed by atoms with Crippen LogP contribution in [0.2, 0.25) is 0 Å². The predicted molar refractivity (Wildman–Crippen MR) is 62.3 cm³/mol. The largest absolute Gasteiger partial charge is 0.393 e. The van der Waals surface area contributed by atoms with Gasteiger partial charge in [0.05, 0.1) is 12.0 Å². The van der Waals surface area contributed by atoms with Crippen LogP contribution in [0.4, 0.5) is 0 Å². The van der Waals surface area contributed by atoms with Crippen LogP contribution in [0.15, 0.2) is 0 Å². The minimum Gasteiger partial charge on any atom is -0.393 e. The summed E-state index contributed by atoms with van der Waals surface area (Å²) < 4.78 is 4.64. The fourth-order valence-corrected chi connectivity index (χ4v) is 3.26. The van der Waals surface area contributed by atoms with Gasteiger partial charge in [0.2, 0.25) is 0 Å². The van der Waals surface area contributed by atoms with Gasteiger partial charge in [-0.05, 0) is 37.5 Å². The summed E-state index contributed by atoms with van der Waals surface area (Å²) in [6.07, 6.45) is 1.83. The molecule has 0 aromatic carbocycles. The fraction of sp³-hybridized carbons (Fsp3) is 0.846. The molecule has 0 spiro atoms. The zero-order valence-electron chi connectivity index (χ0n) is 10.8. The molecular formula is C13H20O5. The number of esters is 2. The molecule has 102 valence electrons. The maximum Gasteiger partial charge on any atom is 0.346 e. The van der Waals surface area contributed by atoms with Gasteiger partial charge in [0, 0.05) is 0 Å². The second kappa shape index (κ2) is 4.63. The first kappa shape index (κ1) is 13.5. The molecule has 18 heavy (non-hydrogen) atoms. The highest BCUT2D eigenvalue weighted by atomic mass is 16.6. The van der Waals surface area contributed by atoms with E-state index in [9.17, 15) is 19.8 Å². The standard InChI is InChI=1S/C13H20O5/c1-7(2)10-11(15)18-12(16)13(10,17)8-3-5-9(14)6-4-8/h7-10,14,17H,3-6H2,1-2H3. The number of cyclic esters (lactones) is 2. The Bertz CT molecular complexity index is 356. The van der Waals surface area contributed by atoms with Crippen molar-refractivity contribution < 1.29 is 24.5 Å². The van der Waals surface area contributed by atoms with E-state index in [1.807, 2.05) is 0 Å². The lowest BCUT2D eigenvalue weighted by molar-refractivity contribution is -0.164. The van der Waals surface area contributed by atoms with E-state index >= 15 is 0 Å². The minimum atomic E-state index is -1.70. The molecule has 0 radical (unpaired) electrons. The van der Waals surface area contributed by atoms with Crippen LogP contribution in [0.1, 0.15) is 39.5 Å². The van der Waals surface area contributed by atoms with Crippen LogP contribution in [-0.4, -0.2) is 33.9 Å². The molecule has 0 bridgehead atoms. The zero-order valence-corrected chi connectivity index (χ0v) is 10.8. The van der Waals surface area contributed by atoms with Gasteiger partial charge in [-0.3, -0.25) is 4.79 Å². The minimum absolute atomic E-state index is 0.152. The van der Waals surface area contributed by atoms with Gasteiger partial charge in [-0.15, -0.1) is 0 Å². The van der Waals surface area contributed by atoms with E-state index in [4.69, 9.17) is 0 Å². The fourth-order valence-electron chi connectivity index (χ4n) is 3.26. The van der Waals surface area contributed by atoms with Crippen LogP contribution >= 0.6 is 0 Å². The molecule has 2 fully saturated rings. The van der Waals surface area contributed by atoms with Gasteiger partial charge in [0.15, 0.2) is 5.60 Å². The van der Waals surface area contributed by atoms with E-state index in [0.717, 1.165) is 0 Å². The average molecular weight is 256 g/mol. The van der Waals surface area contributed by atoms with Crippen LogP contribution in [0, 0.1) is 17.8 Å². The van der Waals surface area contributed by atoms with Gasteiger partial charge in [-0.25, -0.2) is 4.79 Å². The topological polar surface area (TPSA) is 83.8 Å². The van der Waals surface area contributed by atoms with Crippen molar-refractivity contribution >= 4 is 11.9 Å². The highest BCUT2D eigenvalue weighted by molar-refractivity contribution is 6.01. The van der Waals surface area contributed by atoms with Gasteiger partial charge >= 0.3 is 11.9 Å². The van der Waals surface area contributed by atoms with Crippen molar-refractivity contribution in [3.63, 3.8) is 0 Å². The third kappa shape index (κ3) is 1.95. The third-order valence-electron chi connectivity index (χ3n) is 4.23. The molecule has 0 aromatic rings. The number of hydrogen-bond acceptors (Lipinski definition) is 5. The Morgan fingerprint density at radius 1 is 1.22 bits per heavy atom. The average Bonchev–Trinajstić information content (AvgIpc) is 2.51. The monoisotopic (exact) mass is 256 g/mol. The summed E-state index contributed by atoms with van der Waals surface area (Å²) in [6.45, 7) is 3.60. The Labute approximate surface area is 106 Å². The van der Waals surface area contributed by atoms with Crippen molar-refractivity contribution in [2.75, 3.05) is 0 Å². The molecule has 2 N–H and O–H groups in total. The van der Waals surface area contributed by atoms with Crippen LogP contribution < -0.4 is 0 Å².